The van der Waals surface area contributed by atoms with Crippen molar-refractivity contribution < 1.29 is 17.9 Å². The second-order valence-electron chi connectivity index (χ2n) is 10.1. The largest absolute Gasteiger partial charge is 0.573 e. The molecule has 0 radical (unpaired) electrons. The molecular formula is C27H41F3O. The van der Waals surface area contributed by atoms with E-state index in [-0.39, 0.29) is 5.75 Å². The predicted molar refractivity (Wildman–Crippen MR) is 121 cm³/mol. The molecule has 0 aromatic heterocycles. The van der Waals surface area contributed by atoms with E-state index < -0.39 is 6.36 Å². The fraction of sp³-hybridized carbons (Fsp3) is 0.778. The van der Waals surface area contributed by atoms with Gasteiger partial charge in [-0.3, -0.25) is 0 Å². The second kappa shape index (κ2) is 12.2. The number of benzene rings is 1. The van der Waals surface area contributed by atoms with Gasteiger partial charge in [-0.15, -0.1) is 13.2 Å². The van der Waals surface area contributed by atoms with E-state index in [2.05, 4.69) is 11.7 Å². The molecule has 0 saturated heterocycles. The molecule has 0 spiro atoms. The summed E-state index contributed by atoms with van der Waals surface area (Å²) in [6.07, 6.45) is 15.8. The Bertz CT molecular complexity index is 608. The topological polar surface area (TPSA) is 9.23 Å². The van der Waals surface area contributed by atoms with Gasteiger partial charge in [-0.1, -0.05) is 76.8 Å². The smallest absolute Gasteiger partial charge is 0.406 e. The van der Waals surface area contributed by atoms with Gasteiger partial charge in [0.05, 0.1) is 0 Å². The van der Waals surface area contributed by atoms with Crippen LogP contribution >= 0.6 is 0 Å². The van der Waals surface area contributed by atoms with Crippen molar-refractivity contribution in [1.82, 2.24) is 0 Å². The maximum Gasteiger partial charge on any atom is 0.573 e. The summed E-state index contributed by atoms with van der Waals surface area (Å²) in [6, 6.07) is 6.40. The number of unbranched alkanes of at least 4 members (excludes halogenated alkanes) is 3. The molecule has 0 heterocycles. The maximum absolute atomic E-state index is 12.3. The zero-order valence-corrected chi connectivity index (χ0v) is 19.3. The van der Waals surface area contributed by atoms with Gasteiger partial charge in [-0.25, -0.2) is 0 Å². The molecule has 0 amide bonds. The van der Waals surface area contributed by atoms with Gasteiger partial charge in [-0.2, -0.15) is 0 Å². The van der Waals surface area contributed by atoms with Crippen LogP contribution in [0.3, 0.4) is 0 Å². The number of halogens is 3. The lowest BCUT2D eigenvalue weighted by molar-refractivity contribution is -0.274. The van der Waals surface area contributed by atoms with Gasteiger partial charge in [0.2, 0.25) is 0 Å². The molecule has 2 aliphatic rings. The Morgan fingerprint density at radius 2 is 1.29 bits per heavy atom. The molecular weight excluding hydrogens is 397 g/mol. The van der Waals surface area contributed by atoms with E-state index in [1.807, 2.05) is 0 Å². The quantitative estimate of drug-likeness (QED) is 0.331. The normalized spacial score (nSPS) is 27.2. The second-order valence-corrected chi connectivity index (χ2v) is 10.1. The molecule has 176 valence electrons. The summed E-state index contributed by atoms with van der Waals surface area (Å²) in [5.74, 6) is 3.55. The van der Waals surface area contributed by atoms with E-state index in [1.165, 1.54) is 95.6 Å². The van der Waals surface area contributed by atoms with Crippen molar-refractivity contribution in [3.63, 3.8) is 0 Å². The Labute approximate surface area is 187 Å². The van der Waals surface area contributed by atoms with Crippen molar-refractivity contribution in [3.8, 4) is 5.75 Å². The molecule has 2 saturated carbocycles. The molecule has 1 aromatic carbocycles. The molecule has 0 N–H and O–H groups in total. The third-order valence-electron chi connectivity index (χ3n) is 7.91. The fourth-order valence-corrected chi connectivity index (χ4v) is 5.98. The molecule has 1 nitrogen and oxygen atoms in total. The lowest BCUT2D eigenvalue weighted by Gasteiger charge is -2.38. The van der Waals surface area contributed by atoms with Crippen LogP contribution in [-0.2, 0) is 6.42 Å². The van der Waals surface area contributed by atoms with Gasteiger partial charge in [-0.05, 0) is 79.9 Å². The SMILES string of the molecule is CCCCCCC1CCC(C2CCC(CCc3ccc(OC(F)(F)F)cc3)CC2)CC1. The number of alkyl halides is 3. The van der Waals surface area contributed by atoms with E-state index in [1.54, 1.807) is 12.1 Å². The number of aryl methyl sites for hydroxylation is 1. The summed E-state index contributed by atoms with van der Waals surface area (Å²) in [7, 11) is 0. The highest BCUT2D eigenvalue weighted by molar-refractivity contribution is 5.27. The molecule has 3 rings (SSSR count). The molecule has 2 aliphatic carbocycles. The first-order valence-corrected chi connectivity index (χ1v) is 12.8. The van der Waals surface area contributed by atoms with Crippen LogP contribution in [0.4, 0.5) is 13.2 Å². The van der Waals surface area contributed by atoms with Gasteiger partial charge in [0, 0.05) is 0 Å². The van der Waals surface area contributed by atoms with E-state index in [4.69, 9.17) is 0 Å². The van der Waals surface area contributed by atoms with Crippen LogP contribution in [0.15, 0.2) is 24.3 Å². The highest BCUT2D eigenvalue weighted by atomic mass is 19.4. The van der Waals surface area contributed by atoms with Gasteiger partial charge in [0.25, 0.3) is 0 Å². The van der Waals surface area contributed by atoms with Crippen molar-refractivity contribution in [2.45, 2.75) is 110 Å². The van der Waals surface area contributed by atoms with E-state index >= 15 is 0 Å². The Kier molecular flexibility index (Phi) is 9.59. The Hall–Kier alpha value is -1.19. The van der Waals surface area contributed by atoms with Crippen molar-refractivity contribution in [3.05, 3.63) is 29.8 Å². The number of hydrogen-bond acceptors (Lipinski definition) is 1. The third kappa shape index (κ3) is 8.69. The number of ether oxygens (including phenoxy) is 1. The summed E-state index contributed by atoms with van der Waals surface area (Å²) < 4.78 is 40.8. The highest BCUT2D eigenvalue weighted by Gasteiger charge is 2.32. The summed E-state index contributed by atoms with van der Waals surface area (Å²) >= 11 is 0. The summed E-state index contributed by atoms with van der Waals surface area (Å²) in [5, 5.41) is 0. The Balaban J connectivity index is 1.30. The third-order valence-corrected chi connectivity index (χ3v) is 7.91. The van der Waals surface area contributed by atoms with Gasteiger partial charge >= 0.3 is 6.36 Å². The van der Waals surface area contributed by atoms with Gasteiger partial charge < -0.3 is 4.74 Å². The lowest BCUT2D eigenvalue weighted by atomic mass is 9.68. The van der Waals surface area contributed by atoms with E-state index in [9.17, 15) is 13.2 Å². The van der Waals surface area contributed by atoms with Crippen LogP contribution < -0.4 is 4.74 Å². The zero-order chi connectivity index (χ0) is 22.1. The fourth-order valence-electron chi connectivity index (χ4n) is 5.98. The van der Waals surface area contributed by atoms with Crippen LogP contribution in [0.5, 0.6) is 5.75 Å². The highest BCUT2D eigenvalue weighted by Crippen LogP contribution is 2.43. The van der Waals surface area contributed by atoms with Crippen LogP contribution in [0.1, 0.15) is 102 Å². The summed E-state index contributed by atoms with van der Waals surface area (Å²) in [4.78, 5) is 0. The molecule has 0 bridgehead atoms. The minimum atomic E-state index is -4.62. The standard InChI is InChI=1S/C27H41F3O/c1-2-3-4-5-6-21-9-15-24(16-10-21)25-17-11-22(12-18-25)7-8-23-13-19-26(20-14-23)31-27(28,29)30/h13-14,19-22,24-25H,2-12,15-18H2,1H3. The van der Waals surface area contributed by atoms with Crippen LogP contribution in [0.2, 0.25) is 0 Å². The molecule has 0 unspecified atom stereocenters. The molecule has 31 heavy (non-hydrogen) atoms. The maximum atomic E-state index is 12.3. The average Bonchev–Trinajstić information content (AvgIpc) is 2.76. The lowest BCUT2D eigenvalue weighted by Crippen LogP contribution is -2.26. The predicted octanol–water partition coefficient (Wildman–Crippen LogP) is 9.10. The number of rotatable bonds is 10. The van der Waals surface area contributed by atoms with Gasteiger partial charge in [0.1, 0.15) is 5.75 Å². The van der Waals surface area contributed by atoms with Crippen LogP contribution in [0.25, 0.3) is 0 Å². The molecule has 1 aromatic rings. The van der Waals surface area contributed by atoms with Crippen molar-refractivity contribution in [2.75, 3.05) is 0 Å². The molecule has 2 fully saturated rings. The van der Waals surface area contributed by atoms with Crippen molar-refractivity contribution >= 4 is 0 Å². The first-order chi connectivity index (χ1) is 14.9. The molecule has 4 heteroatoms. The number of hydrogen-bond donors (Lipinski definition) is 0. The minimum absolute atomic E-state index is 0.132. The Morgan fingerprint density at radius 1 is 0.742 bits per heavy atom. The van der Waals surface area contributed by atoms with E-state index in [0.29, 0.717) is 0 Å². The monoisotopic (exact) mass is 438 g/mol. The molecule has 0 aliphatic heterocycles. The van der Waals surface area contributed by atoms with E-state index in [0.717, 1.165) is 42.1 Å². The zero-order valence-electron chi connectivity index (χ0n) is 19.3. The summed E-state index contributed by atoms with van der Waals surface area (Å²) in [6.45, 7) is 2.29. The van der Waals surface area contributed by atoms with Crippen LogP contribution in [-0.4, -0.2) is 6.36 Å². The first kappa shape index (κ1) is 24.5. The Morgan fingerprint density at radius 3 is 1.81 bits per heavy atom. The minimum Gasteiger partial charge on any atom is -0.406 e. The van der Waals surface area contributed by atoms with Crippen molar-refractivity contribution in [1.29, 1.82) is 0 Å². The van der Waals surface area contributed by atoms with Crippen LogP contribution in [0, 0.1) is 23.7 Å². The molecule has 0 atom stereocenters. The van der Waals surface area contributed by atoms with Crippen molar-refractivity contribution in [2.24, 2.45) is 23.7 Å². The first-order valence-electron chi connectivity index (χ1n) is 12.8. The van der Waals surface area contributed by atoms with Gasteiger partial charge in [0.15, 0.2) is 0 Å². The summed E-state index contributed by atoms with van der Waals surface area (Å²) in [5.41, 5.74) is 1.11. The average molecular weight is 439 g/mol.